The number of nitrogens with zero attached hydrogens (tertiary/aromatic N) is 1. The maximum atomic E-state index is 12.6. The number of nitrogens with one attached hydrogen (secondary N) is 1. The summed E-state index contributed by atoms with van der Waals surface area (Å²) in [7, 11) is 0. The van der Waals surface area contributed by atoms with Crippen LogP contribution in [0.25, 0.3) is 0 Å². The number of carbonyl (C=O) groups excluding carboxylic acids is 4. The first-order valence-electron chi connectivity index (χ1n) is 9.73. The Morgan fingerprint density at radius 3 is 2.36 bits per heavy atom. The molecule has 0 spiro atoms. The minimum atomic E-state index is -0.746. The highest BCUT2D eigenvalue weighted by atomic mass is 16.5. The Hall–Kier alpha value is -2.70. The van der Waals surface area contributed by atoms with Crippen LogP contribution in [0.1, 0.15) is 30.4 Å². The Bertz CT molecular complexity index is 836. The van der Waals surface area contributed by atoms with E-state index in [-0.39, 0.29) is 35.5 Å². The first kappa shape index (κ1) is 18.7. The molecule has 0 unspecified atom stereocenters. The van der Waals surface area contributed by atoms with Gasteiger partial charge in [0.1, 0.15) is 6.54 Å². The highest BCUT2D eigenvalue weighted by Crippen LogP contribution is 2.56. The fourth-order valence-electron chi connectivity index (χ4n) is 5.09. The maximum Gasteiger partial charge on any atom is 0.326 e. The lowest BCUT2D eigenvalue weighted by atomic mass is 9.81. The zero-order valence-electron chi connectivity index (χ0n) is 16.1. The summed E-state index contributed by atoms with van der Waals surface area (Å²) in [5.74, 6) is -1.68. The van der Waals surface area contributed by atoms with Gasteiger partial charge in [-0.2, -0.15) is 0 Å². The molecule has 2 aliphatic carbocycles. The Morgan fingerprint density at radius 1 is 1.11 bits per heavy atom. The Balaban J connectivity index is 1.29. The standard InChI is InChI=1S/C21H24N2O5/c1-11-3-6-15(12(2)7-11)22-16(24)10-28-17(25)9-23-20(26)18-13-4-5-14(8-13)19(18)21(23)27/h3,6-7,13-14,18-19H,4-5,8-10H2,1-2H3,(H,22,24)/t13-,14-,18-,19-/m0/s1. The van der Waals surface area contributed by atoms with Crippen LogP contribution in [0.4, 0.5) is 5.69 Å². The molecule has 1 aliphatic heterocycles. The second-order valence-electron chi connectivity index (χ2n) is 8.17. The van der Waals surface area contributed by atoms with E-state index in [9.17, 15) is 19.2 Å². The van der Waals surface area contributed by atoms with Gasteiger partial charge in [-0.25, -0.2) is 0 Å². The zero-order chi connectivity index (χ0) is 20.0. The van der Waals surface area contributed by atoms with Crippen LogP contribution in [0, 0.1) is 37.5 Å². The molecule has 0 radical (unpaired) electrons. The lowest BCUT2D eigenvalue weighted by molar-refractivity contribution is -0.154. The van der Waals surface area contributed by atoms with Crippen LogP contribution >= 0.6 is 0 Å². The molecule has 2 saturated carbocycles. The summed E-state index contributed by atoms with van der Waals surface area (Å²) in [4.78, 5) is 50.3. The monoisotopic (exact) mass is 384 g/mol. The smallest absolute Gasteiger partial charge is 0.326 e. The molecule has 3 fully saturated rings. The van der Waals surface area contributed by atoms with E-state index in [0.717, 1.165) is 35.3 Å². The van der Waals surface area contributed by atoms with Crippen molar-refractivity contribution in [3.63, 3.8) is 0 Å². The molecule has 4 atom stereocenters. The van der Waals surface area contributed by atoms with Crippen molar-refractivity contribution in [2.45, 2.75) is 33.1 Å². The molecule has 1 aromatic rings. The lowest BCUT2D eigenvalue weighted by Crippen LogP contribution is -2.38. The number of anilines is 1. The first-order chi connectivity index (χ1) is 13.3. The van der Waals surface area contributed by atoms with Gasteiger partial charge in [0.25, 0.3) is 5.91 Å². The summed E-state index contributed by atoms with van der Waals surface area (Å²) >= 11 is 0. The zero-order valence-corrected chi connectivity index (χ0v) is 16.1. The highest BCUT2D eigenvalue weighted by Gasteiger charge is 2.61. The molecule has 4 rings (SSSR count). The molecule has 2 bridgehead atoms. The number of likely N-dealkylation sites (tertiary alicyclic amines) is 1. The summed E-state index contributed by atoms with van der Waals surface area (Å²) in [6.07, 6.45) is 2.92. The highest BCUT2D eigenvalue weighted by molar-refractivity contribution is 6.08. The maximum absolute atomic E-state index is 12.6. The van der Waals surface area contributed by atoms with Crippen molar-refractivity contribution in [2.24, 2.45) is 23.7 Å². The topological polar surface area (TPSA) is 92.8 Å². The predicted octanol–water partition coefficient (Wildman–Crippen LogP) is 1.82. The third-order valence-corrected chi connectivity index (χ3v) is 6.33. The normalized spacial score (nSPS) is 27.9. The van der Waals surface area contributed by atoms with Crippen LogP contribution in [-0.2, 0) is 23.9 Å². The summed E-state index contributed by atoms with van der Waals surface area (Å²) in [6.45, 7) is 2.96. The number of hydrogen-bond donors (Lipinski definition) is 1. The number of ether oxygens (including phenoxy) is 1. The third kappa shape index (κ3) is 3.19. The molecular formula is C21H24N2O5. The number of carbonyl (C=O) groups is 4. The first-order valence-corrected chi connectivity index (χ1v) is 9.73. The fraction of sp³-hybridized carbons (Fsp3) is 0.524. The Kier molecular flexibility index (Phi) is 4.69. The van der Waals surface area contributed by atoms with Gasteiger partial charge in [0.15, 0.2) is 6.61 Å². The summed E-state index contributed by atoms with van der Waals surface area (Å²) < 4.78 is 4.99. The molecule has 3 aliphatic rings. The van der Waals surface area contributed by atoms with E-state index >= 15 is 0 Å². The van der Waals surface area contributed by atoms with E-state index < -0.39 is 25.0 Å². The average molecular weight is 384 g/mol. The van der Waals surface area contributed by atoms with Crippen molar-refractivity contribution >= 4 is 29.4 Å². The van der Waals surface area contributed by atoms with E-state index in [2.05, 4.69) is 5.32 Å². The largest absolute Gasteiger partial charge is 0.454 e. The summed E-state index contributed by atoms with van der Waals surface area (Å²) in [6, 6.07) is 5.61. The van der Waals surface area contributed by atoms with Gasteiger partial charge in [0.2, 0.25) is 11.8 Å². The van der Waals surface area contributed by atoms with Gasteiger partial charge >= 0.3 is 5.97 Å². The Labute approximate surface area is 163 Å². The Morgan fingerprint density at radius 2 is 1.75 bits per heavy atom. The van der Waals surface area contributed by atoms with Crippen molar-refractivity contribution in [3.05, 3.63) is 29.3 Å². The predicted molar refractivity (Wildman–Crippen MR) is 100 cm³/mol. The number of fused-ring (bicyclic) bond motifs is 5. The second kappa shape index (κ2) is 7.04. The van der Waals surface area contributed by atoms with Gasteiger partial charge in [-0.05, 0) is 56.6 Å². The number of esters is 1. The minimum absolute atomic E-state index is 0.251. The summed E-state index contributed by atoms with van der Waals surface area (Å²) in [5.41, 5.74) is 2.65. The molecule has 3 amide bonds. The quantitative estimate of drug-likeness (QED) is 0.617. The van der Waals surface area contributed by atoms with Gasteiger partial charge in [-0.3, -0.25) is 24.1 Å². The molecule has 0 aromatic heterocycles. The van der Waals surface area contributed by atoms with E-state index in [4.69, 9.17) is 4.74 Å². The van der Waals surface area contributed by atoms with Crippen molar-refractivity contribution < 1.29 is 23.9 Å². The van der Waals surface area contributed by atoms with Gasteiger partial charge < -0.3 is 10.1 Å². The van der Waals surface area contributed by atoms with Crippen LogP contribution in [0.15, 0.2) is 18.2 Å². The van der Waals surface area contributed by atoms with Crippen LogP contribution in [0.5, 0.6) is 0 Å². The number of hydrogen-bond acceptors (Lipinski definition) is 5. The number of amides is 3. The van der Waals surface area contributed by atoms with E-state index in [1.807, 2.05) is 26.0 Å². The number of aryl methyl sites for hydroxylation is 2. The van der Waals surface area contributed by atoms with Crippen molar-refractivity contribution in [3.8, 4) is 0 Å². The molecule has 148 valence electrons. The van der Waals surface area contributed by atoms with E-state index in [0.29, 0.717) is 5.69 Å². The van der Waals surface area contributed by atoms with Gasteiger partial charge in [-0.15, -0.1) is 0 Å². The van der Waals surface area contributed by atoms with Crippen molar-refractivity contribution in [1.29, 1.82) is 0 Å². The molecule has 1 saturated heterocycles. The van der Waals surface area contributed by atoms with Crippen LogP contribution in [-0.4, -0.2) is 41.7 Å². The van der Waals surface area contributed by atoms with Crippen LogP contribution < -0.4 is 5.32 Å². The molecule has 7 nitrogen and oxygen atoms in total. The number of benzene rings is 1. The molecule has 7 heteroatoms. The number of imide groups is 1. The van der Waals surface area contributed by atoms with Gasteiger partial charge in [-0.1, -0.05) is 17.7 Å². The third-order valence-electron chi connectivity index (χ3n) is 6.33. The second-order valence-corrected chi connectivity index (χ2v) is 8.17. The van der Waals surface area contributed by atoms with Crippen molar-refractivity contribution in [2.75, 3.05) is 18.5 Å². The van der Waals surface area contributed by atoms with E-state index in [1.165, 1.54) is 0 Å². The lowest BCUT2D eigenvalue weighted by Gasteiger charge is -2.19. The van der Waals surface area contributed by atoms with E-state index in [1.54, 1.807) is 6.07 Å². The molecule has 1 N–H and O–H groups in total. The molecule has 28 heavy (non-hydrogen) atoms. The number of rotatable bonds is 5. The molecular weight excluding hydrogens is 360 g/mol. The van der Waals surface area contributed by atoms with Crippen molar-refractivity contribution in [1.82, 2.24) is 4.90 Å². The summed E-state index contributed by atoms with van der Waals surface area (Å²) in [5, 5.41) is 2.69. The van der Waals surface area contributed by atoms with Gasteiger partial charge in [0, 0.05) is 5.69 Å². The minimum Gasteiger partial charge on any atom is -0.454 e. The van der Waals surface area contributed by atoms with Crippen LogP contribution in [0.2, 0.25) is 0 Å². The van der Waals surface area contributed by atoms with Gasteiger partial charge in [0.05, 0.1) is 11.8 Å². The SMILES string of the molecule is Cc1ccc(NC(=O)COC(=O)CN2C(=O)[C@H]3[C@H]4CC[C@@H](C4)[C@@H]3C2=O)c(C)c1. The average Bonchev–Trinajstić information content (AvgIpc) is 3.32. The molecule has 1 aromatic carbocycles. The fourth-order valence-corrected chi connectivity index (χ4v) is 5.09. The molecule has 1 heterocycles. The van der Waals surface area contributed by atoms with Crippen LogP contribution in [0.3, 0.4) is 0 Å².